The Morgan fingerprint density at radius 3 is 2.62 bits per heavy atom. The average Bonchev–Trinajstić information content (AvgIpc) is 2.45. The Balaban J connectivity index is 2.63. The number of thiol groups is 1. The molecule has 1 heterocycles. The zero-order chi connectivity index (χ0) is 15.8. The molecule has 6 heteroatoms. The maximum absolute atomic E-state index is 9.26. The lowest BCUT2D eigenvalue weighted by molar-refractivity contribution is 0.0949. The Kier molecular flexibility index (Phi) is 8.03. The van der Waals surface area contributed by atoms with Gasteiger partial charge in [-0.3, -0.25) is 4.98 Å². The van der Waals surface area contributed by atoms with Crippen molar-refractivity contribution in [2.45, 2.75) is 31.3 Å². The van der Waals surface area contributed by atoms with E-state index in [9.17, 15) is 5.11 Å². The van der Waals surface area contributed by atoms with Crippen LogP contribution in [-0.4, -0.2) is 60.1 Å². The number of anilines is 1. The third kappa shape index (κ3) is 5.82. The number of nitrogens with zero attached hydrogens (tertiary/aromatic N) is 1. The maximum Gasteiger partial charge on any atom is 0.0894 e. The molecule has 0 amide bonds. The Morgan fingerprint density at radius 1 is 1.33 bits per heavy atom. The first-order chi connectivity index (χ1) is 9.99. The van der Waals surface area contributed by atoms with Crippen molar-refractivity contribution in [1.82, 2.24) is 10.3 Å². The SMILES string of the molecule is CCc1nc(C)cc(NCCNCC(O)CO)c1[SH](C)C. The zero-order valence-electron chi connectivity index (χ0n) is 13.5. The number of hydrogen-bond acceptors (Lipinski definition) is 5. The summed E-state index contributed by atoms with van der Waals surface area (Å²) in [6, 6.07) is 2.11. The second-order valence-electron chi connectivity index (χ2n) is 5.32. The molecule has 0 aliphatic heterocycles. The minimum Gasteiger partial charge on any atom is -0.394 e. The fourth-order valence-electron chi connectivity index (χ4n) is 2.23. The topological polar surface area (TPSA) is 77.4 Å². The van der Waals surface area contributed by atoms with Crippen molar-refractivity contribution in [1.29, 1.82) is 0 Å². The molecule has 1 atom stereocenters. The van der Waals surface area contributed by atoms with Gasteiger partial charge in [0.05, 0.1) is 18.4 Å². The summed E-state index contributed by atoms with van der Waals surface area (Å²) < 4.78 is 0. The molecule has 0 bridgehead atoms. The van der Waals surface area contributed by atoms with Crippen LogP contribution in [0, 0.1) is 6.92 Å². The first-order valence-electron chi connectivity index (χ1n) is 7.40. The molecule has 21 heavy (non-hydrogen) atoms. The molecule has 1 aromatic rings. The number of pyridine rings is 1. The molecule has 4 N–H and O–H groups in total. The maximum atomic E-state index is 9.26. The highest BCUT2D eigenvalue weighted by atomic mass is 32.2. The van der Waals surface area contributed by atoms with E-state index in [4.69, 9.17) is 5.11 Å². The third-order valence-corrected chi connectivity index (χ3v) is 4.58. The van der Waals surface area contributed by atoms with E-state index in [1.54, 1.807) is 0 Å². The summed E-state index contributed by atoms with van der Waals surface area (Å²) in [4.78, 5) is 6.01. The summed E-state index contributed by atoms with van der Waals surface area (Å²) in [5.41, 5.74) is 3.41. The van der Waals surface area contributed by atoms with Gasteiger partial charge >= 0.3 is 0 Å². The van der Waals surface area contributed by atoms with Crippen molar-refractivity contribution in [2.24, 2.45) is 0 Å². The lowest BCUT2D eigenvalue weighted by atomic mass is 10.2. The van der Waals surface area contributed by atoms with Crippen molar-refractivity contribution < 1.29 is 10.2 Å². The first kappa shape index (κ1) is 18.2. The number of nitrogens with one attached hydrogen (secondary N) is 2. The van der Waals surface area contributed by atoms with Gasteiger partial charge in [0.25, 0.3) is 0 Å². The van der Waals surface area contributed by atoms with E-state index in [-0.39, 0.29) is 17.5 Å². The van der Waals surface area contributed by atoms with E-state index in [1.165, 1.54) is 16.3 Å². The lowest BCUT2D eigenvalue weighted by Gasteiger charge is -2.21. The summed E-state index contributed by atoms with van der Waals surface area (Å²) in [5, 5.41) is 24.6. The molecular weight excluding hydrogens is 286 g/mol. The van der Waals surface area contributed by atoms with Crippen LogP contribution in [0.4, 0.5) is 5.69 Å². The van der Waals surface area contributed by atoms with Crippen LogP contribution in [0.2, 0.25) is 0 Å². The van der Waals surface area contributed by atoms with Crippen molar-refractivity contribution in [2.75, 3.05) is 44.1 Å². The highest BCUT2D eigenvalue weighted by Gasteiger charge is 2.11. The summed E-state index contributed by atoms with van der Waals surface area (Å²) in [6.45, 7) is 5.90. The Hall–Kier alpha value is -0.820. The van der Waals surface area contributed by atoms with Crippen LogP contribution in [0.1, 0.15) is 18.3 Å². The molecule has 0 aliphatic rings. The summed E-state index contributed by atoms with van der Waals surface area (Å²) in [6.07, 6.45) is 4.77. The zero-order valence-corrected chi connectivity index (χ0v) is 14.4. The van der Waals surface area contributed by atoms with E-state index < -0.39 is 6.10 Å². The van der Waals surface area contributed by atoms with Crippen LogP contribution in [0.3, 0.4) is 0 Å². The number of aliphatic hydroxyl groups is 2. The molecule has 0 saturated heterocycles. The molecule has 0 radical (unpaired) electrons. The molecule has 0 spiro atoms. The Bertz CT molecular complexity index is 441. The van der Waals surface area contributed by atoms with Crippen LogP contribution in [0.5, 0.6) is 0 Å². The van der Waals surface area contributed by atoms with Gasteiger partial charge in [0.2, 0.25) is 0 Å². The van der Waals surface area contributed by atoms with Gasteiger partial charge in [0.1, 0.15) is 0 Å². The largest absolute Gasteiger partial charge is 0.394 e. The van der Waals surface area contributed by atoms with E-state index in [0.717, 1.165) is 25.2 Å². The molecule has 1 aromatic heterocycles. The number of aliphatic hydroxyl groups excluding tert-OH is 2. The molecule has 1 rings (SSSR count). The van der Waals surface area contributed by atoms with E-state index in [2.05, 4.69) is 41.1 Å². The van der Waals surface area contributed by atoms with Gasteiger partial charge in [-0.05, 0) is 31.9 Å². The smallest absolute Gasteiger partial charge is 0.0894 e. The van der Waals surface area contributed by atoms with Crippen molar-refractivity contribution in [3.05, 3.63) is 17.5 Å². The minimum atomic E-state index is -0.686. The van der Waals surface area contributed by atoms with Crippen LogP contribution in [0.25, 0.3) is 0 Å². The molecule has 5 nitrogen and oxygen atoms in total. The van der Waals surface area contributed by atoms with Gasteiger partial charge in [-0.2, -0.15) is 0 Å². The van der Waals surface area contributed by atoms with Crippen molar-refractivity contribution in [3.63, 3.8) is 0 Å². The molecule has 122 valence electrons. The van der Waals surface area contributed by atoms with Crippen LogP contribution in [0.15, 0.2) is 11.0 Å². The standard InChI is InChI=1S/C15H29N3O2S/c1-5-13-15(21(3)4)14(8-11(2)18-13)17-7-6-16-9-12(20)10-19/h8,12,16,19-21H,5-7,9-10H2,1-4H3,(H,17,18). The van der Waals surface area contributed by atoms with Gasteiger partial charge < -0.3 is 20.8 Å². The molecule has 0 fully saturated rings. The highest BCUT2D eigenvalue weighted by molar-refractivity contribution is 8.16. The van der Waals surface area contributed by atoms with E-state index in [1.807, 2.05) is 6.92 Å². The predicted molar refractivity (Wildman–Crippen MR) is 91.9 cm³/mol. The number of hydrogen-bond donors (Lipinski definition) is 5. The lowest BCUT2D eigenvalue weighted by Crippen LogP contribution is -2.32. The number of aryl methyl sites for hydroxylation is 2. The molecule has 0 saturated carbocycles. The molecule has 1 unspecified atom stereocenters. The molecule has 0 aromatic carbocycles. The fraction of sp³-hybridized carbons (Fsp3) is 0.667. The van der Waals surface area contributed by atoms with Gasteiger partial charge in [0.15, 0.2) is 0 Å². The van der Waals surface area contributed by atoms with Gasteiger partial charge in [0, 0.05) is 35.9 Å². The third-order valence-electron chi connectivity index (χ3n) is 3.18. The van der Waals surface area contributed by atoms with Crippen LogP contribution < -0.4 is 10.6 Å². The second kappa shape index (κ2) is 9.25. The molecular formula is C15H29N3O2S. The predicted octanol–water partition coefficient (Wildman–Crippen LogP) is 0.927. The van der Waals surface area contributed by atoms with Crippen LogP contribution in [-0.2, 0) is 6.42 Å². The number of rotatable bonds is 9. The van der Waals surface area contributed by atoms with Crippen molar-refractivity contribution >= 4 is 16.6 Å². The summed E-state index contributed by atoms with van der Waals surface area (Å²) >= 11 is 0. The quantitative estimate of drug-likeness (QED) is 0.346. The number of aromatic nitrogens is 1. The minimum absolute atomic E-state index is 0.204. The highest BCUT2D eigenvalue weighted by Crippen LogP contribution is 2.37. The van der Waals surface area contributed by atoms with Gasteiger partial charge in [-0.15, -0.1) is 0 Å². The van der Waals surface area contributed by atoms with E-state index >= 15 is 0 Å². The molecule has 0 aliphatic carbocycles. The second-order valence-corrected chi connectivity index (χ2v) is 7.56. The Labute approximate surface area is 130 Å². The average molecular weight is 315 g/mol. The summed E-state index contributed by atoms with van der Waals surface area (Å²) in [7, 11) is -0.211. The van der Waals surface area contributed by atoms with Gasteiger partial charge in [-0.1, -0.05) is 6.92 Å². The monoisotopic (exact) mass is 315 g/mol. The fourth-order valence-corrected chi connectivity index (χ4v) is 3.58. The van der Waals surface area contributed by atoms with Crippen LogP contribution >= 0.6 is 10.9 Å². The Morgan fingerprint density at radius 2 is 2.05 bits per heavy atom. The van der Waals surface area contributed by atoms with Gasteiger partial charge in [-0.25, -0.2) is 10.9 Å². The first-order valence-corrected chi connectivity index (χ1v) is 9.64. The normalized spacial score (nSPS) is 13.1. The van der Waals surface area contributed by atoms with E-state index in [0.29, 0.717) is 6.54 Å². The van der Waals surface area contributed by atoms with Crippen molar-refractivity contribution in [3.8, 4) is 0 Å². The summed E-state index contributed by atoms with van der Waals surface area (Å²) in [5.74, 6) is 0.